The molecule has 2 rings (SSSR count). The summed E-state index contributed by atoms with van der Waals surface area (Å²) in [4.78, 5) is 28.0. The number of methoxy groups -OCH3 is 2. The molecule has 0 aliphatic carbocycles. The van der Waals surface area contributed by atoms with Gasteiger partial charge in [-0.2, -0.15) is 0 Å². The van der Waals surface area contributed by atoms with E-state index < -0.39 is 9.84 Å². The summed E-state index contributed by atoms with van der Waals surface area (Å²) < 4.78 is 34.0. The fourth-order valence-corrected chi connectivity index (χ4v) is 4.99. The Morgan fingerprint density at radius 3 is 2.41 bits per heavy atom. The predicted octanol–water partition coefficient (Wildman–Crippen LogP) is 1.09. The van der Waals surface area contributed by atoms with Gasteiger partial charge >= 0.3 is 0 Å². The number of anilines is 1. The minimum absolute atomic E-state index is 0.0326. The Hall–Kier alpha value is -2.29. The van der Waals surface area contributed by atoms with Crippen LogP contribution in [0.4, 0.5) is 5.69 Å². The van der Waals surface area contributed by atoms with Crippen molar-refractivity contribution in [2.24, 2.45) is 0 Å². The van der Waals surface area contributed by atoms with E-state index in [0.29, 0.717) is 30.2 Å². The molecule has 8 nitrogen and oxygen atoms in total. The summed E-state index contributed by atoms with van der Waals surface area (Å²) in [7, 11) is -0.124. The molecule has 9 heteroatoms. The van der Waals surface area contributed by atoms with Crippen LogP contribution in [-0.2, 0) is 19.4 Å². The highest BCUT2D eigenvalue weighted by Gasteiger charge is 2.35. The molecule has 1 atom stereocenters. The van der Waals surface area contributed by atoms with Gasteiger partial charge in [0.1, 0.15) is 18.0 Å². The van der Waals surface area contributed by atoms with Crippen LogP contribution in [0, 0.1) is 0 Å². The summed E-state index contributed by atoms with van der Waals surface area (Å²) >= 11 is 0. The maximum Gasteiger partial charge on any atom is 0.242 e. The first kappa shape index (κ1) is 21.0. The second-order valence-electron chi connectivity index (χ2n) is 6.38. The molecular formula is C18H26N2O6S. The zero-order valence-corrected chi connectivity index (χ0v) is 16.9. The number of ether oxygens (including phenoxy) is 2. The zero-order valence-electron chi connectivity index (χ0n) is 16.1. The van der Waals surface area contributed by atoms with Gasteiger partial charge < -0.3 is 14.4 Å². The van der Waals surface area contributed by atoms with Crippen molar-refractivity contribution in [1.82, 2.24) is 4.90 Å². The fraction of sp³-hybridized carbons (Fsp3) is 0.556. The maximum absolute atomic E-state index is 12.9. The molecule has 0 saturated carbocycles. The van der Waals surface area contributed by atoms with Gasteiger partial charge in [0.25, 0.3) is 0 Å². The van der Waals surface area contributed by atoms with Crippen LogP contribution >= 0.6 is 0 Å². The van der Waals surface area contributed by atoms with Crippen LogP contribution in [0.25, 0.3) is 0 Å². The normalized spacial score (nSPS) is 18.0. The third-order valence-corrected chi connectivity index (χ3v) is 6.41. The van der Waals surface area contributed by atoms with Gasteiger partial charge in [0, 0.05) is 25.6 Å². The maximum atomic E-state index is 12.9. The highest BCUT2D eigenvalue weighted by molar-refractivity contribution is 7.91. The van der Waals surface area contributed by atoms with Crippen molar-refractivity contribution in [2.45, 2.75) is 26.3 Å². The molecule has 1 aliphatic rings. The number of sulfone groups is 1. The number of rotatable bonds is 7. The van der Waals surface area contributed by atoms with Gasteiger partial charge in [0.2, 0.25) is 11.8 Å². The Bertz CT molecular complexity index is 808. The average Bonchev–Trinajstić information content (AvgIpc) is 2.99. The quantitative estimate of drug-likeness (QED) is 0.683. The number of nitrogens with zero attached hydrogens (tertiary/aromatic N) is 2. The summed E-state index contributed by atoms with van der Waals surface area (Å²) in [6, 6.07) is 4.64. The van der Waals surface area contributed by atoms with Crippen molar-refractivity contribution in [3.8, 4) is 11.5 Å². The van der Waals surface area contributed by atoms with Crippen molar-refractivity contribution in [3.05, 3.63) is 18.2 Å². The molecule has 0 aromatic heterocycles. The molecule has 1 aromatic carbocycles. The summed E-state index contributed by atoms with van der Waals surface area (Å²) in [5.74, 6) is 0.380. The highest BCUT2D eigenvalue weighted by atomic mass is 32.2. The summed E-state index contributed by atoms with van der Waals surface area (Å²) in [5, 5.41) is 0. The van der Waals surface area contributed by atoms with Gasteiger partial charge in [-0.1, -0.05) is 0 Å². The topological polar surface area (TPSA) is 93.2 Å². The van der Waals surface area contributed by atoms with Crippen LogP contribution in [-0.4, -0.2) is 70.0 Å². The van der Waals surface area contributed by atoms with Crippen molar-refractivity contribution in [2.75, 3.05) is 43.7 Å². The molecule has 1 aromatic rings. The number of benzene rings is 1. The second-order valence-corrected chi connectivity index (χ2v) is 8.61. The smallest absolute Gasteiger partial charge is 0.242 e. The lowest BCUT2D eigenvalue weighted by molar-refractivity contribution is -0.132. The highest BCUT2D eigenvalue weighted by Crippen LogP contribution is 2.32. The monoisotopic (exact) mass is 398 g/mol. The van der Waals surface area contributed by atoms with Crippen LogP contribution < -0.4 is 14.4 Å². The molecule has 0 N–H and O–H groups in total. The number of likely N-dealkylation sites (N-methyl/N-ethyl adjacent to an activating group) is 1. The van der Waals surface area contributed by atoms with Gasteiger partial charge in [0.05, 0.1) is 31.4 Å². The fourth-order valence-electron chi connectivity index (χ4n) is 3.26. The number of carbonyl (C=O) groups excluding carboxylic acids is 2. The van der Waals surface area contributed by atoms with Gasteiger partial charge in [-0.05, 0) is 25.5 Å². The second kappa shape index (κ2) is 8.60. The van der Waals surface area contributed by atoms with E-state index in [1.54, 1.807) is 25.1 Å². The van der Waals surface area contributed by atoms with E-state index in [0.717, 1.165) is 0 Å². The largest absolute Gasteiger partial charge is 0.497 e. The van der Waals surface area contributed by atoms with Crippen LogP contribution in [0.3, 0.4) is 0 Å². The average molecular weight is 398 g/mol. The molecule has 1 aliphatic heterocycles. The van der Waals surface area contributed by atoms with E-state index in [2.05, 4.69) is 0 Å². The van der Waals surface area contributed by atoms with Crippen LogP contribution in [0.1, 0.15) is 20.3 Å². The number of amides is 2. The van der Waals surface area contributed by atoms with Crippen molar-refractivity contribution in [3.63, 3.8) is 0 Å². The molecule has 0 bridgehead atoms. The zero-order chi connectivity index (χ0) is 20.2. The number of hydrogen-bond acceptors (Lipinski definition) is 6. The van der Waals surface area contributed by atoms with E-state index in [1.165, 1.54) is 30.9 Å². The van der Waals surface area contributed by atoms with Gasteiger partial charge in [-0.3, -0.25) is 14.5 Å². The molecule has 27 heavy (non-hydrogen) atoms. The van der Waals surface area contributed by atoms with Gasteiger partial charge in [0.15, 0.2) is 9.84 Å². The number of carbonyl (C=O) groups is 2. The first-order valence-electron chi connectivity index (χ1n) is 8.72. The molecule has 0 spiro atoms. The Kier molecular flexibility index (Phi) is 6.69. The van der Waals surface area contributed by atoms with Crippen molar-refractivity contribution < 1.29 is 27.5 Å². The lowest BCUT2D eigenvalue weighted by atomic mass is 10.2. The van der Waals surface area contributed by atoms with Crippen molar-refractivity contribution in [1.29, 1.82) is 0 Å². The summed E-state index contributed by atoms with van der Waals surface area (Å²) in [6.45, 7) is 3.33. The summed E-state index contributed by atoms with van der Waals surface area (Å²) in [5.41, 5.74) is 0.424. The first-order valence-corrected chi connectivity index (χ1v) is 10.5. The third kappa shape index (κ3) is 4.91. The van der Waals surface area contributed by atoms with Crippen LogP contribution in [0.15, 0.2) is 18.2 Å². The van der Waals surface area contributed by atoms with Gasteiger partial charge in [-0.15, -0.1) is 0 Å². The molecule has 1 heterocycles. The number of hydrogen-bond donors (Lipinski definition) is 0. The lowest BCUT2D eigenvalue weighted by Gasteiger charge is -2.30. The Morgan fingerprint density at radius 1 is 1.22 bits per heavy atom. The van der Waals surface area contributed by atoms with E-state index in [1.807, 2.05) is 0 Å². The van der Waals surface area contributed by atoms with E-state index in [9.17, 15) is 18.0 Å². The van der Waals surface area contributed by atoms with Crippen LogP contribution in [0.5, 0.6) is 11.5 Å². The molecular weight excluding hydrogens is 372 g/mol. The molecule has 0 radical (unpaired) electrons. The van der Waals surface area contributed by atoms with E-state index in [4.69, 9.17) is 9.47 Å². The molecule has 1 fully saturated rings. The molecule has 150 valence electrons. The Morgan fingerprint density at radius 2 is 1.93 bits per heavy atom. The van der Waals surface area contributed by atoms with E-state index in [-0.39, 0.29) is 35.9 Å². The molecule has 1 unspecified atom stereocenters. The lowest BCUT2D eigenvalue weighted by Crippen LogP contribution is -2.47. The van der Waals surface area contributed by atoms with Gasteiger partial charge in [-0.25, -0.2) is 8.42 Å². The minimum Gasteiger partial charge on any atom is -0.497 e. The Balaban J connectivity index is 2.28. The molecule has 2 amide bonds. The van der Waals surface area contributed by atoms with Crippen molar-refractivity contribution >= 4 is 27.3 Å². The SMILES string of the molecule is CCN(C(=O)CN(C(C)=O)c1cc(OC)ccc1OC)C1CCS(=O)(=O)C1. The standard InChI is InChI=1S/C18H26N2O6S/c1-5-19(14-8-9-27(23,24)12-14)18(22)11-20(13(2)21)16-10-15(25-3)6-7-17(16)26-4/h6-7,10,14H,5,8-9,11-12H2,1-4H3. The van der Waals surface area contributed by atoms with E-state index >= 15 is 0 Å². The van der Waals surface area contributed by atoms with Crippen LogP contribution in [0.2, 0.25) is 0 Å². The minimum atomic E-state index is -3.11. The molecule has 1 saturated heterocycles. The first-order chi connectivity index (χ1) is 12.7. The predicted molar refractivity (Wildman–Crippen MR) is 102 cm³/mol. The third-order valence-electron chi connectivity index (χ3n) is 4.66. The Labute approximate surface area is 160 Å². The summed E-state index contributed by atoms with van der Waals surface area (Å²) in [6.07, 6.45) is 0.421.